The molecular weight excluding hydrogens is 241 g/mol. The van der Waals surface area contributed by atoms with Gasteiger partial charge in [0.25, 0.3) is 0 Å². The highest BCUT2D eigenvalue weighted by atomic mass is 32.2. The zero-order valence-electron chi connectivity index (χ0n) is 8.12. The quantitative estimate of drug-likeness (QED) is 0.818. The van der Waals surface area contributed by atoms with E-state index in [0.29, 0.717) is 0 Å². The highest BCUT2D eigenvalue weighted by molar-refractivity contribution is 7.79. The fourth-order valence-electron chi connectivity index (χ4n) is 1.64. The number of hydrogen-bond acceptors (Lipinski definition) is 1. The van der Waals surface area contributed by atoms with Crippen LogP contribution in [0.1, 0.15) is 29.9 Å². The minimum absolute atomic E-state index is 0.0437. The molecule has 1 saturated carbocycles. The lowest BCUT2D eigenvalue weighted by atomic mass is 10.0. The second-order valence-corrected chi connectivity index (χ2v) is 4.74. The molecule has 0 spiro atoms. The molecule has 88 valence electrons. The van der Waals surface area contributed by atoms with E-state index in [1.54, 1.807) is 0 Å². The molecule has 1 fully saturated rings. The largest absolute Gasteiger partial charge is 0.416 e. The van der Waals surface area contributed by atoms with Crippen molar-refractivity contribution >= 4 is 11.1 Å². The Balaban J connectivity index is 2.51. The van der Waals surface area contributed by atoms with Gasteiger partial charge in [0, 0.05) is 0 Å². The maximum Gasteiger partial charge on any atom is 0.416 e. The number of alkyl halides is 3. The maximum atomic E-state index is 12.7. The lowest BCUT2D eigenvalue weighted by molar-refractivity contribution is -0.138. The average Bonchev–Trinajstić information content (AvgIpc) is 2.98. The van der Waals surface area contributed by atoms with Gasteiger partial charge in [-0.25, -0.2) is 4.21 Å². The van der Waals surface area contributed by atoms with E-state index in [0.717, 1.165) is 18.9 Å². The lowest BCUT2D eigenvalue weighted by Gasteiger charge is -2.13. The van der Waals surface area contributed by atoms with Crippen LogP contribution in [0.15, 0.2) is 23.1 Å². The Morgan fingerprint density at radius 3 is 2.38 bits per heavy atom. The van der Waals surface area contributed by atoms with Gasteiger partial charge in [0.1, 0.15) is 0 Å². The molecule has 0 bridgehead atoms. The Hall–Kier alpha value is -0.880. The van der Waals surface area contributed by atoms with E-state index in [9.17, 15) is 17.4 Å². The highest BCUT2D eigenvalue weighted by Gasteiger charge is 2.38. The normalized spacial score (nSPS) is 18.5. The summed E-state index contributed by atoms with van der Waals surface area (Å²) in [6, 6.07) is 3.35. The van der Waals surface area contributed by atoms with Crippen molar-refractivity contribution in [3.05, 3.63) is 29.3 Å². The Morgan fingerprint density at radius 1 is 1.31 bits per heavy atom. The Bertz CT molecular complexity index is 438. The summed E-state index contributed by atoms with van der Waals surface area (Å²) in [5, 5.41) is 0. The van der Waals surface area contributed by atoms with Crippen molar-refractivity contribution in [1.82, 2.24) is 0 Å². The summed E-state index contributed by atoms with van der Waals surface area (Å²) in [5.41, 5.74) is -0.545. The summed E-state index contributed by atoms with van der Waals surface area (Å²) < 4.78 is 57.6. The van der Waals surface area contributed by atoms with Gasteiger partial charge in [0.15, 0.2) is 11.1 Å². The fourth-order valence-corrected chi connectivity index (χ4v) is 2.04. The van der Waals surface area contributed by atoms with E-state index >= 15 is 0 Å². The average molecular weight is 250 g/mol. The number of rotatable bonds is 2. The summed E-state index contributed by atoms with van der Waals surface area (Å²) in [6.07, 6.45) is -2.96. The molecule has 2 nitrogen and oxygen atoms in total. The van der Waals surface area contributed by atoms with Gasteiger partial charge in [0.05, 0.1) is 10.5 Å². The van der Waals surface area contributed by atoms with E-state index in [4.69, 9.17) is 4.55 Å². The minimum Gasteiger partial charge on any atom is -0.302 e. The van der Waals surface area contributed by atoms with Crippen LogP contribution in [0.4, 0.5) is 13.2 Å². The first kappa shape index (κ1) is 11.6. The lowest BCUT2D eigenvalue weighted by Crippen LogP contribution is -2.09. The Morgan fingerprint density at radius 2 is 1.94 bits per heavy atom. The molecule has 1 aliphatic rings. The van der Waals surface area contributed by atoms with Gasteiger partial charge in [0.2, 0.25) is 0 Å². The molecule has 1 N–H and O–H groups in total. The van der Waals surface area contributed by atoms with Crippen LogP contribution in [-0.2, 0) is 17.3 Å². The van der Waals surface area contributed by atoms with Crippen LogP contribution in [0.25, 0.3) is 0 Å². The standard InChI is InChI=1S/C10H9F3O2S/c11-10(12,13)9-5-7(16(14)15)3-4-8(9)6-1-2-6/h3-6H,1-2H2,(H,14,15). The SMILES string of the molecule is O=S(O)c1ccc(C2CC2)c(C(F)(F)F)c1. The summed E-state index contributed by atoms with van der Waals surface area (Å²) >= 11 is -2.38. The van der Waals surface area contributed by atoms with Crippen LogP contribution >= 0.6 is 0 Å². The maximum absolute atomic E-state index is 12.7. The molecule has 6 heteroatoms. The van der Waals surface area contributed by atoms with Crippen molar-refractivity contribution in [3.8, 4) is 0 Å². The summed E-state index contributed by atoms with van der Waals surface area (Å²) in [4.78, 5) is -0.211. The molecule has 0 heterocycles. The van der Waals surface area contributed by atoms with E-state index in [-0.39, 0.29) is 16.4 Å². The van der Waals surface area contributed by atoms with E-state index in [2.05, 4.69) is 0 Å². The van der Waals surface area contributed by atoms with Gasteiger partial charge in [-0.1, -0.05) is 6.07 Å². The second kappa shape index (κ2) is 3.85. The molecule has 0 amide bonds. The van der Waals surface area contributed by atoms with Crippen molar-refractivity contribution in [2.24, 2.45) is 0 Å². The van der Waals surface area contributed by atoms with Crippen LogP contribution in [0.3, 0.4) is 0 Å². The van der Waals surface area contributed by atoms with Crippen molar-refractivity contribution in [1.29, 1.82) is 0 Å². The van der Waals surface area contributed by atoms with Crippen LogP contribution in [0.2, 0.25) is 0 Å². The Labute approximate surface area is 92.8 Å². The van der Waals surface area contributed by atoms with Crippen molar-refractivity contribution < 1.29 is 21.9 Å². The van der Waals surface area contributed by atoms with Gasteiger partial charge in [-0.2, -0.15) is 13.2 Å². The van der Waals surface area contributed by atoms with Gasteiger partial charge >= 0.3 is 6.18 Å². The van der Waals surface area contributed by atoms with Crippen LogP contribution in [0, 0.1) is 0 Å². The molecule has 1 atom stereocenters. The molecule has 2 rings (SSSR count). The molecule has 0 saturated heterocycles. The molecule has 1 aromatic rings. The summed E-state index contributed by atoms with van der Waals surface area (Å²) in [7, 11) is 0. The monoisotopic (exact) mass is 250 g/mol. The topological polar surface area (TPSA) is 37.3 Å². The summed E-state index contributed by atoms with van der Waals surface area (Å²) in [5.74, 6) is -0.0437. The first-order valence-electron chi connectivity index (χ1n) is 4.71. The number of hydrogen-bond donors (Lipinski definition) is 1. The molecule has 1 unspecified atom stereocenters. The molecular formula is C10H9F3O2S. The Kier molecular flexibility index (Phi) is 2.79. The smallest absolute Gasteiger partial charge is 0.302 e. The van der Waals surface area contributed by atoms with E-state index < -0.39 is 22.8 Å². The first-order valence-corrected chi connectivity index (χ1v) is 5.82. The molecule has 0 aliphatic heterocycles. The zero-order chi connectivity index (χ0) is 11.9. The predicted molar refractivity (Wildman–Crippen MR) is 52.5 cm³/mol. The van der Waals surface area contributed by atoms with Crippen molar-refractivity contribution in [2.75, 3.05) is 0 Å². The third kappa shape index (κ3) is 2.27. The molecule has 1 aliphatic carbocycles. The molecule has 1 aromatic carbocycles. The predicted octanol–water partition coefficient (Wildman–Crippen LogP) is 3.16. The zero-order valence-corrected chi connectivity index (χ0v) is 8.94. The van der Waals surface area contributed by atoms with Gasteiger partial charge in [-0.05, 0) is 36.5 Å². The van der Waals surface area contributed by atoms with Gasteiger partial charge in [-0.3, -0.25) is 0 Å². The van der Waals surface area contributed by atoms with Crippen LogP contribution < -0.4 is 0 Å². The van der Waals surface area contributed by atoms with Crippen LogP contribution in [0.5, 0.6) is 0 Å². The van der Waals surface area contributed by atoms with Crippen LogP contribution in [-0.4, -0.2) is 8.76 Å². The first-order chi connectivity index (χ1) is 7.39. The fraction of sp³-hybridized carbons (Fsp3) is 0.400. The number of halogens is 3. The molecule has 0 radical (unpaired) electrons. The highest BCUT2D eigenvalue weighted by Crippen LogP contribution is 2.46. The minimum atomic E-state index is -4.46. The number of benzene rings is 1. The third-order valence-electron chi connectivity index (χ3n) is 2.55. The summed E-state index contributed by atoms with van der Waals surface area (Å²) in [6.45, 7) is 0. The molecule has 0 aromatic heterocycles. The van der Waals surface area contributed by atoms with Gasteiger partial charge < -0.3 is 4.55 Å². The van der Waals surface area contributed by atoms with E-state index in [1.807, 2.05) is 0 Å². The molecule has 16 heavy (non-hydrogen) atoms. The van der Waals surface area contributed by atoms with Gasteiger partial charge in [-0.15, -0.1) is 0 Å². The van der Waals surface area contributed by atoms with E-state index in [1.165, 1.54) is 12.1 Å². The van der Waals surface area contributed by atoms with Crippen molar-refractivity contribution in [3.63, 3.8) is 0 Å². The van der Waals surface area contributed by atoms with Crippen molar-refractivity contribution in [2.45, 2.75) is 29.8 Å². The third-order valence-corrected chi connectivity index (χ3v) is 3.21. The second-order valence-electron chi connectivity index (χ2n) is 3.77.